The van der Waals surface area contributed by atoms with Gasteiger partial charge in [0.15, 0.2) is 11.5 Å². The SMILES string of the molecule is CC1C=C2C3=C(C1)N(c1cc(-c4ccc(C(C)(C)C)cc4)cc(-c4ccc(C(C)(C)C)cc4)c1)c1cc(-c4ccc5c(c4)sc4ccccc45)ccc1B3c1cc3c(cc1N2c1ccc(C(C)(C)C)cc1-c1ccccc1)OCCO3. The van der Waals surface area contributed by atoms with E-state index < -0.39 is 0 Å². The van der Waals surface area contributed by atoms with Crippen molar-refractivity contribution < 1.29 is 9.47 Å². The summed E-state index contributed by atoms with van der Waals surface area (Å²) < 4.78 is 15.7. The maximum Gasteiger partial charge on any atom is 0.251 e. The van der Waals surface area contributed by atoms with E-state index in [-0.39, 0.29) is 28.9 Å². The molecule has 0 saturated heterocycles. The van der Waals surface area contributed by atoms with Crippen LogP contribution in [0.4, 0.5) is 22.7 Å². The number of hydrogen-bond donors (Lipinski definition) is 0. The highest BCUT2D eigenvalue weighted by Crippen LogP contribution is 2.53. The van der Waals surface area contributed by atoms with Gasteiger partial charge in [-0.2, -0.15) is 0 Å². The van der Waals surface area contributed by atoms with Crippen LogP contribution in [0.3, 0.4) is 0 Å². The van der Waals surface area contributed by atoms with Crippen LogP contribution in [0.5, 0.6) is 11.5 Å². The van der Waals surface area contributed by atoms with Gasteiger partial charge in [0.2, 0.25) is 0 Å². The lowest BCUT2D eigenvalue weighted by atomic mass is 9.32. The Balaban J connectivity index is 1.05. The van der Waals surface area contributed by atoms with Gasteiger partial charge in [0.25, 0.3) is 6.71 Å². The summed E-state index contributed by atoms with van der Waals surface area (Å²) in [5.74, 6) is 1.79. The Labute approximate surface area is 483 Å². The second kappa shape index (κ2) is 19.0. The fourth-order valence-electron chi connectivity index (χ4n) is 13.0. The number of hydrogen-bond acceptors (Lipinski definition) is 5. The van der Waals surface area contributed by atoms with Crippen LogP contribution in [-0.2, 0) is 16.2 Å². The fraction of sp³-hybridized carbons (Fsp3) is 0.227. The Morgan fingerprint density at radius 3 is 1.68 bits per heavy atom. The molecule has 0 amide bonds. The minimum atomic E-state index is -0.0993. The van der Waals surface area contributed by atoms with Gasteiger partial charge in [0.1, 0.15) is 13.2 Å². The molecule has 0 spiro atoms. The predicted octanol–water partition coefficient (Wildman–Crippen LogP) is 19.0. The molecule has 9 aromatic carbocycles. The number of allylic oxidation sites excluding steroid dienone is 3. The lowest BCUT2D eigenvalue weighted by Gasteiger charge is -2.49. The highest BCUT2D eigenvalue weighted by Gasteiger charge is 2.48. The minimum Gasteiger partial charge on any atom is -0.486 e. The molecule has 14 rings (SSSR count). The number of anilines is 4. The lowest BCUT2D eigenvalue weighted by Crippen LogP contribution is -2.57. The van der Waals surface area contributed by atoms with E-state index in [1.54, 1.807) is 0 Å². The second-order valence-electron chi connectivity index (χ2n) is 26.1. The van der Waals surface area contributed by atoms with Crippen LogP contribution in [0.2, 0.25) is 0 Å². The van der Waals surface area contributed by atoms with Crippen molar-refractivity contribution in [2.75, 3.05) is 23.0 Å². The number of thiophene rings is 1. The van der Waals surface area contributed by atoms with E-state index in [4.69, 9.17) is 9.47 Å². The normalized spacial score (nSPS) is 15.9. The molecule has 1 atom stereocenters. The monoisotopic (exact) mass is 1070 g/mol. The van der Waals surface area contributed by atoms with Crippen molar-refractivity contribution in [3.05, 3.63) is 228 Å². The van der Waals surface area contributed by atoms with Crippen LogP contribution in [-0.4, -0.2) is 19.9 Å². The Kier molecular flexibility index (Phi) is 12.0. The first-order valence-electron chi connectivity index (χ1n) is 29.0. The van der Waals surface area contributed by atoms with Crippen LogP contribution < -0.4 is 30.2 Å². The van der Waals surface area contributed by atoms with Gasteiger partial charge in [-0.3, -0.25) is 0 Å². The highest BCUT2D eigenvalue weighted by atomic mass is 32.1. The third-order valence-corrected chi connectivity index (χ3v) is 18.5. The van der Waals surface area contributed by atoms with E-state index in [9.17, 15) is 0 Å². The molecule has 0 N–H and O–H groups in total. The van der Waals surface area contributed by atoms with Crippen molar-refractivity contribution in [1.82, 2.24) is 0 Å². The smallest absolute Gasteiger partial charge is 0.251 e. The number of fused-ring (bicyclic) bond motifs is 8. The molecule has 4 aliphatic rings. The Bertz CT molecular complexity index is 4150. The number of nitrogens with zero attached hydrogens (tertiary/aromatic N) is 2. The fourth-order valence-corrected chi connectivity index (χ4v) is 14.2. The number of ether oxygens (including phenoxy) is 2. The van der Waals surface area contributed by atoms with Gasteiger partial charge >= 0.3 is 0 Å². The average Bonchev–Trinajstić information content (AvgIpc) is 3.63. The summed E-state index contributed by atoms with van der Waals surface area (Å²) in [6.45, 7) is 24.0. The van der Waals surface area contributed by atoms with Gasteiger partial charge in [-0.05, 0) is 155 Å². The van der Waals surface area contributed by atoms with Gasteiger partial charge in [-0.1, -0.05) is 203 Å². The van der Waals surface area contributed by atoms with Crippen molar-refractivity contribution in [3.8, 4) is 56.0 Å². The Hall–Kier alpha value is -8.06. The molecule has 400 valence electrons. The van der Waals surface area contributed by atoms with Gasteiger partial charge in [0.05, 0.1) is 5.69 Å². The van der Waals surface area contributed by atoms with Gasteiger partial charge in [0, 0.05) is 60.3 Å². The Morgan fingerprint density at radius 2 is 1.01 bits per heavy atom. The predicted molar refractivity (Wildman–Crippen MR) is 346 cm³/mol. The molecule has 1 aromatic heterocycles. The van der Waals surface area contributed by atoms with E-state index in [1.807, 2.05) is 11.3 Å². The van der Waals surface area contributed by atoms with Gasteiger partial charge in [-0.15, -0.1) is 11.3 Å². The maximum absolute atomic E-state index is 6.56. The topological polar surface area (TPSA) is 24.9 Å². The van der Waals surface area contributed by atoms with Crippen LogP contribution in [0.25, 0.3) is 64.7 Å². The molecule has 0 saturated carbocycles. The van der Waals surface area contributed by atoms with Gasteiger partial charge < -0.3 is 19.3 Å². The second-order valence-corrected chi connectivity index (χ2v) is 27.2. The van der Waals surface area contributed by atoms with Crippen LogP contribution >= 0.6 is 11.3 Å². The zero-order chi connectivity index (χ0) is 55.7. The molecule has 3 aliphatic heterocycles. The quantitative estimate of drug-likeness (QED) is 0.155. The zero-order valence-corrected chi connectivity index (χ0v) is 49.2. The molecule has 0 radical (unpaired) electrons. The van der Waals surface area contributed by atoms with Gasteiger partial charge in [-0.25, -0.2) is 0 Å². The third-order valence-electron chi connectivity index (χ3n) is 17.4. The van der Waals surface area contributed by atoms with E-state index in [0.717, 1.165) is 35.0 Å². The van der Waals surface area contributed by atoms with E-state index in [1.165, 1.54) is 115 Å². The summed E-state index contributed by atoms with van der Waals surface area (Å²) in [7, 11) is 0. The summed E-state index contributed by atoms with van der Waals surface area (Å²) >= 11 is 1.88. The van der Waals surface area contributed by atoms with E-state index in [2.05, 4.69) is 273 Å². The molecule has 1 unspecified atom stereocenters. The van der Waals surface area contributed by atoms with Crippen LogP contribution in [0.15, 0.2) is 211 Å². The third kappa shape index (κ3) is 8.89. The molecule has 0 fully saturated rings. The first-order chi connectivity index (χ1) is 38.9. The molecule has 6 heteroatoms. The molecule has 1 aliphatic carbocycles. The maximum atomic E-state index is 6.56. The first kappa shape index (κ1) is 51.1. The van der Waals surface area contributed by atoms with Crippen molar-refractivity contribution in [3.63, 3.8) is 0 Å². The van der Waals surface area contributed by atoms with Crippen molar-refractivity contribution in [2.24, 2.45) is 5.92 Å². The average molecular weight is 1070 g/mol. The minimum absolute atomic E-state index is 0.0335. The molecular weight excluding hydrogens is 1000 g/mol. The Morgan fingerprint density at radius 1 is 0.444 bits per heavy atom. The van der Waals surface area contributed by atoms with E-state index in [0.29, 0.717) is 13.2 Å². The largest absolute Gasteiger partial charge is 0.486 e. The zero-order valence-electron chi connectivity index (χ0n) is 48.4. The molecule has 0 bridgehead atoms. The first-order valence-corrected chi connectivity index (χ1v) is 29.9. The summed E-state index contributed by atoms with van der Waals surface area (Å²) in [6.07, 6.45) is 3.42. The summed E-state index contributed by atoms with van der Waals surface area (Å²) in [5.41, 5.74) is 24.5. The summed E-state index contributed by atoms with van der Waals surface area (Å²) in [6, 6.07) is 71.9. The van der Waals surface area contributed by atoms with Crippen LogP contribution in [0, 0.1) is 5.92 Å². The van der Waals surface area contributed by atoms with Crippen LogP contribution in [0.1, 0.15) is 92.3 Å². The molecule has 4 nitrogen and oxygen atoms in total. The molecule has 4 heterocycles. The van der Waals surface area contributed by atoms with E-state index >= 15 is 0 Å². The molecule has 10 aromatic rings. The molecule has 81 heavy (non-hydrogen) atoms. The summed E-state index contributed by atoms with van der Waals surface area (Å²) in [4.78, 5) is 5.26. The van der Waals surface area contributed by atoms with Crippen molar-refractivity contribution >= 4 is 71.9 Å². The van der Waals surface area contributed by atoms with Crippen molar-refractivity contribution in [1.29, 1.82) is 0 Å². The van der Waals surface area contributed by atoms with Crippen molar-refractivity contribution in [2.45, 2.75) is 91.9 Å². The number of benzene rings is 9. The lowest BCUT2D eigenvalue weighted by molar-refractivity contribution is 0.172. The highest BCUT2D eigenvalue weighted by molar-refractivity contribution is 7.25. The number of rotatable bonds is 6. The molecular formula is C75H69BN2O2S. The summed E-state index contributed by atoms with van der Waals surface area (Å²) in [5, 5.41) is 2.62. The standard InChI is InChI=1S/C75H69BN2O2S/c1-46-36-66-72-67(37-46)78(63-33-30-56(75(8,9)10)43-60(63)49-16-12-11-13-17-49)65-45-69-68(79-34-35-80-69)44-62(65)76(72)61-32-25-50(51-24-31-59-58-18-14-15-19-70(58)81-71(59)42-51)41-64(61)77(66)57-39-52(47-20-26-54(27-21-47)73(2,3)4)38-53(40-57)48-22-28-55(29-23-48)74(5,6)7/h11-33,37-46H,34-36H2,1-10H3.